The molecule has 108 valence electrons. The molecule has 3 unspecified atom stereocenters. The summed E-state index contributed by atoms with van der Waals surface area (Å²) in [6.45, 7) is 5.56. The third-order valence-electron chi connectivity index (χ3n) is 4.60. The Balaban J connectivity index is 2.13. The molecule has 1 heterocycles. The van der Waals surface area contributed by atoms with Gasteiger partial charge in [0.25, 0.3) is 0 Å². The topological polar surface area (TPSA) is 29.9 Å². The number of aryl methyl sites for hydroxylation is 2. The van der Waals surface area contributed by atoms with Crippen LogP contribution in [0.4, 0.5) is 0 Å². The van der Waals surface area contributed by atoms with Gasteiger partial charge in [-0.1, -0.05) is 24.9 Å². The van der Waals surface area contributed by atoms with E-state index in [1.165, 1.54) is 24.8 Å². The van der Waals surface area contributed by atoms with Gasteiger partial charge in [-0.3, -0.25) is 4.68 Å². The fourth-order valence-electron chi connectivity index (χ4n) is 3.51. The first kappa shape index (κ1) is 14.9. The van der Waals surface area contributed by atoms with Gasteiger partial charge in [-0.25, -0.2) is 0 Å². The third-order valence-corrected chi connectivity index (χ3v) is 5.08. The van der Waals surface area contributed by atoms with Crippen LogP contribution >= 0.6 is 11.6 Å². The lowest BCUT2D eigenvalue weighted by molar-refractivity contribution is 0.186. The molecule has 19 heavy (non-hydrogen) atoms. The van der Waals surface area contributed by atoms with Gasteiger partial charge >= 0.3 is 0 Å². The van der Waals surface area contributed by atoms with Gasteiger partial charge in [0.2, 0.25) is 0 Å². The fraction of sp³-hybridized carbons (Fsp3) is 0.800. The molecule has 3 nitrogen and oxygen atoms in total. The lowest BCUT2D eigenvalue weighted by Crippen LogP contribution is -2.32. The molecule has 0 spiro atoms. The Morgan fingerprint density at radius 3 is 2.68 bits per heavy atom. The maximum atomic E-state index is 6.38. The van der Waals surface area contributed by atoms with Crippen molar-refractivity contribution in [3.63, 3.8) is 0 Å². The molecule has 0 radical (unpaired) electrons. The third kappa shape index (κ3) is 3.32. The Morgan fingerprint density at radius 1 is 1.37 bits per heavy atom. The highest BCUT2D eigenvalue weighted by Gasteiger charge is 2.29. The van der Waals surface area contributed by atoms with Crippen LogP contribution in [0.25, 0.3) is 0 Å². The Kier molecular flexibility index (Phi) is 4.91. The summed E-state index contributed by atoms with van der Waals surface area (Å²) in [5, 5.41) is 8.60. The van der Waals surface area contributed by atoms with Crippen LogP contribution in [0.5, 0.6) is 0 Å². The Labute approximate surface area is 121 Å². The van der Waals surface area contributed by atoms with Crippen LogP contribution < -0.4 is 5.32 Å². The summed E-state index contributed by atoms with van der Waals surface area (Å²) in [7, 11) is 3.98. The minimum atomic E-state index is 0.733. The van der Waals surface area contributed by atoms with Gasteiger partial charge in [0.1, 0.15) is 5.15 Å². The molecule has 1 aromatic heterocycles. The van der Waals surface area contributed by atoms with Crippen LogP contribution in [0.1, 0.15) is 37.4 Å². The standard InChI is InChI=1S/C15H26ClN3/c1-10-5-6-12(9-17-3)13(7-10)8-14-11(2)18-19(4)15(14)16/h10,12-13,17H,5-9H2,1-4H3. The molecule has 1 saturated carbocycles. The maximum absolute atomic E-state index is 6.38. The fourth-order valence-corrected chi connectivity index (χ4v) is 3.76. The van der Waals surface area contributed by atoms with Crippen LogP contribution in [0.2, 0.25) is 5.15 Å². The highest BCUT2D eigenvalue weighted by atomic mass is 35.5. The molecule has 4 heteroatoms. The van der Waals surface area contributed by atoms with Gasteiger partial charge in [-0.05, 0) is 57.5 Å². The highest BCUT2D eigenvalue weighted by Crippen LogP contribution is 2.37. The van der Waals surface area contributed by atoms with Crippen molar-refractivity contribution < 1.29 is 0 Å². The summed E-state index contributed by atoms with van der Waals surface area (Å²) in [6, 6.07) is 0. The summed E-state index contributed by atoms with van der Waals surface area (Å²) in [5.74, 6) is 2.35. The van der Waals surface area contributed by atoms with E-state index in [4.69, 9.17) is 11.6 Å². The number of nitrogens with zero attached hydrogens (tertiary/aromatic N) is 2. The van der Waals surface area contributed by atoms with E-state index in [0.29, 0.717) is 0 Å². The van der Waals surface area contributed by atoms with Crippen LogP contribution in [0.15, 0.2) is 0 Å². The summed E-state index contributed by atoms with van der Waals surface area (Å²) in [6.07, 6.45) is 5.10. The van der Waals surface area contributed by atoms with Crippen molar-refractivity contribution in [3.8, 4) is 0 Å². The van der Waals surface area contributed by atoms with E-state index in [1.54, 1.807) is 4.68 Å². The smallest absolute Gasteiger partial charge is 0.130 e. The largest absolute Gasteiger partial charge is 0.319 e. The predicted octanol–water partition coefficient (Wildman–Crippen LogP) is 3.20. The maximum Gasteiger partial charge on any atom is 0.130 e. The monoisotopic (exact) mass is 283 g/mol. The van der Waals surface area contributed by atoms with Crippen LogP contribution in [-0.2, 0) is 13.5 Å². The SMILES string of the molecule is CNCC1CCC(C)CC1Cc1c(C)nn(C)c1Cl. The molecular formula is C15H26ClN3. The minimum absolute atomic E-state index is 0.733. The zero-order chi connectivity index (χ0) is 14.0. The number of hydrogen-bond donors (Lipinski definition) is 1. The van der Waals surface area contributed by atoms with Gasteiger partial charge in [-0.15, -0.1) is 0 Å². The lowest BCUT2D eigenvalue weighted by atomic mass is 9.72. The molecule has 1 fully saturated rings. The minimum Gasteiger partial charge on any atom is -0.319 e. The Hall–Kier alpha value is -0.540. The van der Waals surface area contributed by atoms with Crippen molar-refractivity contribution in [1.82, 2.24) is 15.1 Å². The van der Waals surface area contributed by atoms with Gasteiger partial charge < -0.3 is 5.32 Å². The Morgan fingerprint density at radius 2 is 2.11 bits per heavy atom. The molecule has 0 saturated heterocycles. The lowest BCUT2D eigenvalue weighted by Gasteiger charge is -2.35. The quantitative estimate of drug-likeness (QED) is 0.920. The molecule has 0 amide bonds. The average Bonchev–Trinajstić information content (AvgIpc) is 2.59. The number of hydrogen-bond acceptors (Lipinski definition) is 2. The number of nitrogens with one attached hydrogen (secondary N) is 1. The van der Waals surface area contributed by atoms with Crippen molar-refractivity contribution in [3.05, 3.63) is 16.4 Å². The second-order valence-corrected chi connectivity index (χ2v) is 6.54. The zero-order valence-corrected chi connectivity index (χ0v) is 13.3. The molecule has 3 atom stereocenters. The summed E-state index contributed by atoms with van der Waals surface area (Å²) < 4.78 is 1.80. The Bertz CT molecular complexity index is 427. The second-order valence-electron chi connectivity index (χ2n) is 6.18. The van der Waals surface area contributed by atoms with E-state index < -0.39 is 0 Å². The van der Waals surface area contributed by atoms with E-state index in [0.717, 1.165) is 41.6 Å². The van der Waals surface area contributed by atoms with E-state index in [1.807, 2.05) is 7.05 Å². The van der Waals surface area contributed by atoms with Crippen molar-refractivity contribution >= 4 is 11.6 Å². The first-order valence-electron chi connectivity index (χ1n) is 7.35. The van der Waals surface area contributed by atoms with Gasteiger partial charge in [-0.2, -0.15) is 5.10 Å². The highest BCUT2D eigenvalue weighted by molar-refractivity contribution is 6.30. The summed E-state index contributed by atoms with van der Waals surface area (Å²) in [5.41, 5.74) is 2.35. The van der Waals surface area contributed by atoms with Crippen molar-refractivity contribution in [1.29, 1.82) is 0 Å². The molecule has 0 aliphatic heterocycles. The molecule has 0 bridgehead atoms. The normalized spacial score (nSPS) is 27.7. The number of halogens is 1. The van der Waals surface area contributed by atoms with E-state index >= 15 is 0 Å². The first-order chi connectivity index (χ1) is 9.02. The summed E-state index contributed by atoms with van der Waals surface area (Å²) in [4.78, 5) is 0. The molecule has 2 rings (SSSR count). The summed E-state index contributed by atoms with van der Waals surface area (Å²) >= 11 is 6.38. The number of rotatable bonds is 4. The van der Waals surface area contributed by atoms with Crippen molar-refractivity contribution in [2.45, 2.75) is 39.5 Å². The van der Waals surface area contributed by atoms with E-state index in [9.17, 15) is 0 Å². The van der Waals surface area contributed by atoms with Gasteiger partial charge in [0.15, 0.2) is 0 Å². The molecule has 1 aliphatic carbocycles. The molecular weight excluding hydrogens is 258 g/mol. The van der Waals surface area contributed by atoms with Crippen molar-refractivity contribution in [2.24, 2.45) is 24.8 Å². The van der Waals surface area contributed by atoms with Crippen molar-refractivity contribution in [2.75, 3.05) is 13.6 Å². The average molecular weight is 284 g/mol. The van der Waals surface area contributed by atoms with Crippen LogP contribution in [0.3, 0.4) is 0 Å². The molecule has 1 aliphatic rings. The molecule has 1 aromatic rings. The van der Waals surface area contributed by atoms with E-state index in [2.05, 4.69) is 31.3 Å². The predicted molar refractivity (Wildman–Crippen MR) is 80.6 cm³/mol. The number of aromatic nitrogens is 2. The first-order valence-corrected chi connectivity index (χ1v) is 7.73. The van der Waals surface area contributed by atoms with Gasteiger partial charge in [0.05, 0.1) is 5.69 Å². The molecule has 0 aromatic carbocycles. The zero-order valence-electron chi connectivity index (χ0n) is 12.5. The van der Waals surface area contributed by atoms with Gasteiger partial charge in [0, 0.05) is 12.6 Å². The van der Waals surface area contributed by atoms with Crippen LogP contribution in [0, 0.1) is 24.7 Å². The molecule has 1 N–H and O–H groups in total. The van der Waals surface area contributed by atoms with Crippen LogP contribution in [-0.4, -0.2) is 23.4 Å². The van der Waals surface area contributed by atoms with E-state index in [-0.39, 0.29) is 0 Å². The second kappa shape index (κ2) is 6.27.